The van der Waals surface area contributed by atoms with Gasteiger partial charge < -0.3 is 10.5 Å². The van der Waals surface area contributed by atoms with Crippen LogP contribution in [-0.4, -0.2) is 55.7 Å². The first-order valence-corrected chi connectivity index (χ1v) is 8.67. The third-order valence-electron chi connectivity index (χ3n) is 5.56. The zero-order chi connectivity index (χ0) is 19.3. The van der Waals surface area contributed by atoms with Gasteiger partial charge in [0.2, 0.25) is 6.41 Å². The lowest BCUT2D eigenvalue weighted by atomic mass is 9.95. The standard InChI is InChI=1S/C17H32N4O4/c1-14(2)10-13(16(5,6)20(14)23)19-24-25-21-15(3,4)9-12(18-11-22)17(21,7)8/h11-12,23H,9-10H2,1-8H3,(H,18,22). The van der Waals surface area contributed by atoms with Gasteiger partial charge in [-0.15, -0.1) is 5.06 Å². The number of carbonyl (C=O) groups is 1. The van der Waals surface area contributed by atoms with Crippen molar-refractivity contribution in [2.24, 2.45) is 5.16 Å². The van der Waals surface area contributed by atoms with E-state index in [9.17, 15) is 10.0 Å². The van der Waals surface area contributed by atoms with Gasteiger partial charge in [0.15, 0.2) is 0 Å². The number of rotatable bonds is 5. The fourth-order valence-electron chi connectivity index (χ4n) is 4.11. The molecule has 0 aromatic heterocycles. The summed E-state index contributed by atoms with van der Waals surface area (Å²) < 4.78 is 0. The molecular weight excluding hydrogens is 324 g/mol. The fourth-order valence-corrected chi connectivity index (χ4v) is 4.11. The van der Waals surface area contributed by atoms with Crippen molar-refractivity contribution in [3.63, 3.8) is 0 Å². The molecule has 0 aliphatic carbocycles. The minimum absolute atomic E-state index is 0.0639. The van der Waals surface area contributed by atoms with E-state index in [0.29, 0.717) is 18.5 Å². The zero-order valence-electron chi connectivity index (χ0n) is 16.6. The van der Waals surface area contributed by atoms with E-state index in [4.69, 9.17) is 9.98 Å². The van der Waals surface area contributed by atoms with Crippen LogP contribution in [0.3, 0.4) is 0 Å². The number of oxime groups is 1. The molecule has 0 saturated carbocycles. The van der Waals surface area contributed by atoms with Crippen molar-refractivity contribution >= 4 is 12.1 Å². The largest absolute Gasteiger partial charge is 0.354 e. The Morgan fingerprint density at radius 3 is 2.24 bits per heavy atom. The Morgan fingerprint density at radius 1 is 1.16 bits per heavy atom. The van der Waals surface area contributed by atoms with E-state index in [0.717, 1.165) is 6.42 Å². The Balaban J connectivity index is 2.12. The van der Waals surface area contributed by atoms with Crippen LogP contribution < -0.4 is 5.32 Å². The Labute approximate surface area is 150 Å². The molecule has 8 nitrogen and oxygen atoms in total. The topological polar surface area (TPSA) is 86.6 Å². The smallest absolute Gasteiger partial charge is 0.207 e. The maximum Gasteiger partial charge on any atom is 0.207 e. The van der Waals surface area contributed by atoms with Gasteiger partial charge in [-0.3, -0.25) is 4.79 Å². The average Bonchev–Trinajstić information content (AvgIpc) is 2.73. The summed E-state index contributed by atoms with van der Waals surface area (Å²) >= 11 is 0. The minimum atomic E-state index is -0.634. The number of nitrogens with one attached hydrogen (secondary N) is 1. The number of hydroxylamine groups is 4. The van der Waals surface area contributed by atoms with E-state index >= 15 is 0 Å². The molecule has 2 rings (SSSR count). The van der Waals surface area contributed by atoms with E-state index in [1.807, 2.05) is 55.4 Å². The van der Waals surface area contributed by atoms with Crippen LogP contribution in [0.25, 0.3) is 0 Å². The van der Waals surface area contributed by atoms with Gasteiger partial charge in [0, 0.05) is 17.5 Å². The van der Waals surface area contributed by atoms with Crippen molar-refractivity contribution in [1.82, 2.24) is 15.4 Å². The zero-order valence-corrected chi connectivity index (χ0v) is 16.6. The van der Waals surface area contributed by atoms with E-state index in [-0.39, 0.29) is 11.6 Å². The maximum absolute atomic E-state index is 10.9. The quantitative estimate of drug-likeness (QED) is 0.446. The van der Waals surface area contributed by atoms with Crippen molar-refractivity contribution in [1.29, 1.82) is 0 Å². The number of nitrogens with zero attached hydrogens (tertiary/aromatic N) is 3. The van der Waals surface area contributed by atoms with Gasteiger partial charge >= 0.3 is 0 Å². The molecule has 0 radical (unpaired) electrons. The molecule has 1 atom stereocenters. The van der Waals surface area contributed by atoms with Crippen LogP contribution in [0.4, 0.5) is 0 Å². The molecule has 0 aromatic rings. The third-order valence-corrected chi connectivity index (χ3v) is 5.56. The van der Waals surface area contributed by atoms with Gasteiger partial charge in [-0.1, -0.05) is 10.1 Å². The Hall–Kier alpha value is -1.22. The third kappa shape index (κ3) is 3.40. The second-order valence-electron chi connectivity index (χ2n) is 9.35. The monoisotopic (exact) mass is 356 g/mol. The lowest BCUT2D eigenvalue weighted by Gasteiger charge is -2.37. The molecule has 1 unspecified atom stereocenters. The van der Waals surface area contributed by atoms with Crippen molar-refractivity contribution in [3.05, 3.63) is 0 Å². The predicted molar refractivity (Wildman–Crippen MR) is 93.6 cm³/mol. The highest BCUT2D eigenvalue weighted by Gasteiger charge is 2.54. The molecule has 0 aromatic carbocycles. The first-order chi connectivity index (χ1) is 11.3. The summed E-state index contributed by atoms with van der Waals surface area (Å²) in [4.78, 5) is 21.7. The summed E-state index contributed by atoms with van der Waals surface area (Å²) in [7, 11) is 0. The van der Waals surface area contributed by atoms with Crippen LogP contribution >= 0.6 is 0 Å². The molecule has 25 heavy (non-hydrogen) atoms. The lowest BCUT2D eigenvalue weighted by molar-refractivity contribution is -0.462. The predicted octanol–water partition coefficient (Wildman–Crippen LogP) is 2.24. The van der Waals surface area contributed by atoms with E-state index in [2.05, 4.69) is 10.5 Å². The van der Waals surface area contributed by atoms with Crippen molar-refractivity contribution in [2.45, 2.75) is 96.4 Å². The normalized spacial score (nSPS) is 32.0. The van der Waals surface area contributed by atoms with Crippen LogP contribution in [0.15, 0.2) is 5.16 Å². The molecule has 2 heterocycles. The summed E-state index contributed by atoms with van der Waals surface area (Å²) in [6.45, 7) is 15.7. The number of hydrogen-bond donors (Lipinski definition) is 2. The van der Waals surface area contributed by atoms with Gasteiger partial charge in [-0.25, -0.2) is 4.99 Å². The summed E-state index contributed by atoms with van der Waals surface area (Å²) in [5.41, 5.74) is -1.14. The molecular formula is C17H32N4O4. The first-order valence-electron chi connectivity index (χ1n) is 8.67. The molecule has 2 saturated heterocycles. The SMILES string of the molecule is CC1(C)CC(=NOON2C(C)(C)CC(NC=O)C2(C)C)C(C)(C)N1O. The van der Waals surface area contributed by atoms with Gasteiger partial charge in [-0.05, 0) is 61.8 Å². The fraction of sp³-hybridized carbons (Fsp3) is 0.882. The highest BCUT2D eigenvalue weighted by atomic mass is 17.3. The van der Waals surface area contributed by atoms with Crippen molar-refractivity contribution < 1.29 is 20.0 Å². The van der Waals surface area contributed by atoms with Crippen LogP contribution in [0.1, 0.15) is 68.2 Å². The van der Waals surface area contributed by atoms with E-state index < -0.39 is 16.6 Å². The van der Waals surface area contributed by atoms with E-state index in [1.165, 1.54) is 5.06 Å². The lowest BCUT2D eigenvalue weighted by Crippen LogP contribution is -2.53. The Kier molecular flexibility index (Phi) is 4.98. The first kappa shape index (κ1) is 20.1. The van der Waals surface area contributed by atoms with Crippen molar-refractivity contribution in [3.8, 4) is 0 Å². The molecule has 8 heteroatoms. The summed E-state index contributed by atoms with van der Waals surface area (Å²) in [6, 6.07) is -0.0639. The Bertz CT molecular complexity index is 557. The molecule has 0 bridgehead atoms. The molecule has 1 amide bonds. The second-order valence-corrected chi connectivity index (χ2v) is 9.35. The highest BCUT2D eigenvalue weighted by molar-refractivity contribution is 5.95. The number of amides is 1. The summed E-state index contributed by atoms with van der Waals surface area (Å²) in [5.74, 6) is 0. The molecule has 2 fully saturated rings. The summed E-state index contributed by atoms with van der Waals surface area (Å²) in [6.07, 6.45) is 2.01. The Morgan fingerprint density at radius 2 is 1.76 bits per heavy atom. The average molecular weight is 356 g/mol. The van der Waals surface area contributed by atoms with Gasteiger partial charge in [0.1, 0.15) is 0 Å². The van der Waals surface area contributed by atoms with Crippen LogP contribution in [0, 0.1) is 0 Å². The number of hydrogen-bond acceptors (Lipinski definition) is 7. The molecule has 144 valence electrons. The highest BCUT2D eigenvalue weighted by Crippen LogP contribution is 2.41. The van der Waals surface area contributed by atoms with Crippen LogP contribution in [0.2, 0.25) is 0 Å². The molecule has 2 N–H and O–H groups in total. The van der Waals surface area contributed by atoms with Gasteiger partial charge in [0.05, 0.1) is 22.8 Å². The molecule has 2 aliphatic heterocycles. The van der Waals surface area contributed by atoms with Crippen LogP contribution in [-0.2, 0) is 14.8 Å². The van der Waals surface area contributed by atoms with Gasteiger partial charge in [0.25, 0.3) is 0 Å². The van der Waals surface area contributed by atoms with E-state index in [1.54, 1.807) is 5.06 Å². The second kappa shape index (κ2) is 6.19. The molecule has 0 spiro atoms. The van der Waals surface area contributed by atoms with Crippen LogP contribution in [0.5, 0.6) is 0 Å². The summed E-state index contributed by atoms with van der Waals surface area (Å²) in [5, 5.41) is 20.4. The minimum Gasteiger partial charge on any atom is -0.354 e. The van der Waals surface area contributed by atoms with Gasteiger partial charge in [-0.2, -0.15) is 5.06 Å². The van der Waals surface area contributed by atoms with Crippen molar-refractivity contribution in [2.75, 3.05) is 0 Å². The number of carbonyl (C=O) groups excluding carboxylic acids is 1. The maximum atomic E-state index is 10.9. The molecule has 2 aliphatic rings.